The number of para-hydroxylation sites is 1. The van der Waals surface area contributed by atoms with E-state index in [1.54, 1.807) is 0 Å². The molecule has 5 heteroatoms. The zero-order valence-corrected chi connectivity index (χ0v) is 15.1. The molecule has 1 atom stereocenters. The summed E-state index contributed by atoms with van der Waals surface area (Å²) in [5.41, 5.74) is 7.81. The summed E-state index contributed by atoms with van der Waals surface area (Å²) in [6.45, 7) is 2.48. The zero-order chi connectivity index (χ0) is 16.8. The van der Waals surface area contributed by atoms with E-state index in [0.717, 1.165) is 29.7 Å². The lowest BCUT2D eigenvalue weighted by Gasteiger charge is -2.31. The fourth-order valence-electron chi connectivity index (χ4n) is 3.17. The van der Waals surface area contributed by atoms with Crippen LogP contribution in [0.3, 0.4) is 0 Å². The van der Waals surface area contributed by atoms with Crippen LogP contribution in [0.15, 0.2) is 54.6 Å². The molecule has 2 aromatic carbocycles. The van der Waals surface area contributed by atoms with E-state index < -0.39 is 0 Å². The van der Waals surface area contributed by atoms with Gasteiger partial charge in [-0.2, -0.15) is 0 Å². The van der Waals surface area contributed by atoms with Gasteiger partial charge in [0, 0.05) is 18.7 Å². The van der Waals surface area contributed by atoms with Crippen LogP contribution in [0.4, 0.5) is 0 Å². The summed E-state index contributed by atoms with van der Waals surface area (Å²) in [4.78, 5) is 15.1. The highest BCUT2D eigenvalue weighted by molar-refractivity contribution is 5.85. The normalized spacial score (nSPS) is 15.5. The van der Waals surface area contributed by atoms with Gasteiger partial charge in [0.05, 0.1) is 12.5 Å². The Kier molecular flexibility index (Phi) is 7.29. The van der Waals surface area contributed by atoms with Crippen LogP contribution in [0, 0.1) is 0 Å². The second-order valence-corrected chi connectivity index (χ2v) is 6.12. The first-order valence-corrected chi connectivity index (χ1v) is 8.54. The highest BCUT2D eigenvalue weighted by Gasteiger charge is 2.30. The second kappa shape index (κ2) is 9.44. The summed E-state index contributed by atoms with van der Waals surface area (Å²) in [6, 6.07) is 18.0. The quantitative estimate of drug-likeness (QED) is 0.859. The molecule has 2 N–H and O–H groups in total. The lowest BCUT2D eigenvalue weighted by atomic mass is 9.91. The Bertz CT molecular complexity index is 678. The van der Waals surface area contributed by atoms with Gasteiger partial charge in [-0.1, -0.05) is 48.5 Å². The number of amides is 1. The predicted octanol–water partition coefficient (Wildman–Crippen LogP) is 3.35. The molecule has 4 nitrogen and oxygen atoms in total. The van der Waals surface area contributed by atoms with Crippen molar-refractivity contribution < 1.29 is 9.53 Å². The van der Waals surface area contributed by atoms with Crippen LogP contribution >= 0.6 is 12.4 Å². The highest BCUT2D eigenvalue weighted by Crippen LogP contribution is 2.34. The van der Waals surface area contributed by atoms with Crippen molar-refractivity contribution in [3.63, 3.8) is 0 Å². The van der Waals surface area contributed by atoms with Gasteiger partial charge in [0.1, 0.15) is 5.75 Å². The molecule has 0 spiro atoms. The highest BCUT2D eigenvalue weighted by atomic mass is 35.5. The number of benzene rings is 2. The molecule has 1 aliphatic heterocycles. The Hall–Kier alpha value is -2.04. The molecule has 0 aromatic heterocycles. The van der Waals surface area contributed by atoms with Gasteiger partial charge in [0.25, 0.3) is 0 Å². The molecule has 1 aliphatic rings. The van der Waals surface area contributed by atoms with Crippen LogP contribution in [0.5, 0.6) is 5.75 Å². The van der Waals surface area contributed by atoms with Crippen LogP contribution in [0.1, 0.15) is 29.9 Å². The van der Waals surface area contributed by atoms with E-state index in [9.17, 15) is 4.79 Å². The van der Waals surface area contributed by atoms with Crippen LogP contribution in [0.25, 0.3) is 0 Å². The van der Waals surface area contributed by atoms with E-state index in [2.05, 4.69) is 12.1 Å². The molecule has 1 unspecified atom stereocenters. The molecule has 1 amide bonds. The number of carbonyl (C=O) groups excluding carboxylic acids is 1. The molecule has 0 fully saturated rings. The van der Waals surface area contributed by atoms with Gasteiger partial charge in [-0.15, -0.1) is 12.4 Å². The molecule has 25 heavy (non-hydrogen) atoms. The molecule has 134 valence electrons. The number of nitrogens with zero attached hydrogens (tertiary/aromatic N) is 1. The second-order valence-electron chi connectivity index (χ2n) is 6.12. The molecule has 0 bridgehead atoms. The number of nitrogens with two attached hydrogens (primary N) is 1. The van der Waals surface area contributed by atoms with E-state index in [-0.39, 0.29) is 24.2 Å². The number of hydrogen-bond donors (Lipinski definition) is 1. The van der Waals surface area contributed by atoms with Gasteiger partial charge in [-0.3, -0.25) is 4.79 Å². The Morgan fingerprint density at radius 3 is 2.60 bits per heavy atom. The summed E-state index contributed by atoms with van der Waals surface area (Å²) < 4.78 is 5.69. The lowest BCUT2D eigenvalue weighted by Crippen LogP contribution is -2.37. The minimum Gasteiger partial charge on any atom is -0.493 e. The standard InChI is InChI=1S/C20H24N2O2.ClH/c21-12-6-13-22(15-16-7-2-1-3-8-16)20(23)18-11-14-24-19-10-5-4-9-17(18)19;/h1-5,7-10,18H,6,11-15,21H2;1H. The first kappa shape index (κ1) is 19.3. The van der Waals surface area contributed by atoms with Crippen molar-refractivity contribution >= 4 is 18.3 Å². The zero-order valence-electron chi connectivity index (χ0n) is 14.3. The van der Waals surface area contributed by atoms with Crippen molar-refractivity contribution in [3.05, 3.63) is 65.7 Å². The molecule has 0 aliphatic carbocycles. The number of hydrogen-bond acceptors (Lipinski definition) is 3. The first-order valence-electron chi connectivity index (χ1n) is 8.54. The summed E-state index contributed by atoms with van der Waals surface area (Å²) >= 11 is 0. The Morgan fingerprint density at radius 1 is 1.12 bits per heavy atom. The van der Waals surface area contributed by atoms with Crippen molar-refractivity contribution in [3.8, 4) is 5.75 Å². The fourth-order valence-corrected chi connectivity index (χ4v) is 3.17. The summed E-state index contributed by atoms with van der Waals surface area (Å²) in [6.07, 6.45) is 1.53. The molecule has 0 radical (unpaired) electrons. The van der Waals surface area contributed by atoms with Gasteiger partial charge in [0.2, 0.25) is 5.91 Å². The minimum absolute atomic E-state index is 0. The van der Waals surface area contributed by atoms with Crippen molar-refractivity contribution in [2.75, 3.05) is 19.7 Å². The number of rotatable bonds is 6. The van der Waals surface area contributed by atoms with Crippen LogP contribution in [-0.2, 0) is 11.3 Å². The Balaban J connectivity index is 0.00000225. The lowest BCUT2D eigenvalue weighted by molar-refractivity contribution is -0.134. The number of halogens is 1. The molecular formula is C20H25ClN2O2. The fraction of sp³-hybridized carbons (Fsp3) is 0.350. The van der Waals surface area contributed by atoms with Gasteiger partial charge in [0.15, 0.2) is 0 Å². The minimum atomic E-state index is -0.128. The number of carbonyl (C=O) groups is 1. The number of fused-ring (bicyclic) bond motifs is 1. The van der Waals surface area contributed by atoms with Crippen LogP contribution in [-0.4, -0.2) is 30.5 Å². The van der Waals surface area contributed by atoms with E-state index in [4.69, 9.17) is 10.5 Å². The maximum Gasteiger partial charge on any atom is 0.230 e. The number of ether oxygens (including phenoxy) is 1. The van der Waals surface area contributed by atoms with Crippen molar-refractivity contribution in [1.29, 1.82) is 0 Å². The average Bonchev–Trinajstić information content (AvgIpc) is 2.65. The smallest absolute Gasteiger partial charge is 0.230 e. The van der Waals surface area contributed by atoms with Gasteiger partial charge >= 0.3 is 0 Å². The monoisotopic (exact) mass is 360 g/mol. The summed E-state index contributed by atoms with van der Waals surface area (Å²) in [5, 5.41) is 0. The van der Waals surface area contributed by atoms with E-state index in [1.807, 2.05) is 47.4 Å². The maximum absolute atomic E-state index is 13.2. The van der Waals surface area contributed by atoms with Crippen molar-refractivity contribution in [2.24, 2.45) is 5.73 Å². The third-order valence-corrected chi connectivity index (χ3v) is 4.42. The molecule has 3 rings (SSSR count). The predicted molar refractivity (Wildman–Crippen MR) is 102 cm³/mol. The van der Waals surface area contributed by atoms with Crippen LogP contribution < -0.4 is 10.5 Å². The van der Waals surface area contributed by atoms with E-state index in [1.165, 1.54) is 0 Å². The summed E-state index contributed by atoms with van der Waals surface area (Å²) in [5.74, 6) is 0.875. The molecule has 0 saturated heterocycles. The molecular weight excluding hydrogens is 336 g/mol. The van der Waals surface area contributed by atoms with E-state index >= 15 is 0 Å². The maximum atomic E-state index is 13.2. The van der Waals surface area contributed by atoms with Gasteiger partial charge in [-0.25, -0.2) is 0 Å². The van der Waals surface area contributed by atoms with Crippen LogP contribution in [0.2, 0.25) is 0 Å². The first-order chi connectivity index (χ1) is 11.8. The van der Waals surface area contributed by atoms with Gasteiger partial charge in [-0.05, 0) is 31.0 Å². The third kappa shape index (κ3) is 4.74. The summed E-state index contributed by atoms with van der Waals surface area (Å²) in [7, 11) is 0. The molecule has 1 heterocycles. The largest absolute Gasteiger partial charge is 0.493 e. The Morgan fingerprint density at radius 2 is 1.84 bits per heavy atom. The topological polar surface area (TPSA) is 55.6 Å². The molecule has 2 aromatic rings. The SMILES string of the molecule is Cl.NCCCN(Cc1ccccc1)C(=O)C1CCOc2ccccc21. The van der Waals surface area contributed by atoms with Crippen molar-refractivity contribution in [2.45, 2.75) is 25.3 Å². The van der Waals surface area contributed by atoms with E-state index in [0.29, 0.717) is 26.2 Å². The third-order valence-electron chi connectivity index (χ3n) is 4.42. The average molecular weight is 361 g/mol. The van der Waals surface area contributed by atoms with Crippen molar-refractivity contribution in [1.82, 2.24) is 4.90 Å². The van der Waals surface area contributed by atoms with Gasteiger partial charge < -0.3 is 15.4 Å². The molecule has 0 saturated carbocycles. The Labute approximate surface area is 155 Å².